The molecular weight excluding hydrogens is 370 g/mol. The maximum atomic E-state index is 12.9. The van der Waals surface area contributed by atoms with Gasteiger partial charge in [0.25, 0.3) is 11.8 Å². The van der Waals surface area contributed by atoms with Crippen molar-refractivity contribution in [2.75, 3.05) is 39.6 Å². The van der Waals surface area contributed by atoms with Crippen LogP contribution in [0, 0.1) is 0 Å². The van der Waals surface area contributed by atoms with Gasteiger partial charge in [-0.3, -0.25) is 9.59 Å². The molecule has 2 aromatic rings. The monoisotopic (exact) mass is 399 g/mol. The van der Waals surface area contributed by atoms with Gasteiger partial charge in [-0.2, -0.15) is 0 Å². The van der Waals surface area contributed by atoms with Crippen LogP contribution in [0.2, 0.25) is 0 Å². The summed E-state index contributed by atoms with van der Waals surface area (Å²) in [6.07, 6.45) is 3.56. The van der Waals surface area contributed by atoms with Crippen molar-refractivity contribution < 1.29 is 14.3 Å². The van der Waals surface area contributed by atoms with Gasteiger partial charge in [-0.15, -0.1) is 0 Å². The summed E-state index contributed by atoms with van der Waals surface area (Å²) in [4.78, 5) is 32.1. The van der Waals surface area contributed by atoms with Gasteiger partial charge in [0.15, 0.2) is 5.82 Å². The Bertz CT molecular complexity index is 875. The molecule has 0 saturated carbocycles. The fourth-order valence-corrected chi connectivity index (χ4v) is 3.47. The van der Waals surface area contributed by atoms with E-state index >= 15 is 0 Å². The van der Waals surface area contributed by atoms with Crippen LogP contribution < -0.4 is 15.4 Å². The van der Waals surface area contributed by atoms with Gasteiger partial charge in [-0.25, -0.2) is 4.98 Å². The number of fused-ring (bicyclic) bond motifs is 1. The maximum Gasteiger partial charge on any atom is 0.291 e. The normalized spacial score (nSPS) is 13.1. The number of benzene rings is 1. The van der Waals surface area contributed by atoms with Gasteiger partial charge in [0, 0.05) is 24.8 Å². The molecule has 8 heteroatoms. The molecule has 1 aliphatic heterocycles. The molecule has 0 spiro atoms. The second-order valence-corrected chi connectivity index (χ2v) is 7.44. The largest absolute Gasteiger partial charge is 0.497 e. The van der Waals surface area contributed by atoms with Gasteiger partial charge >= 0.3 is 0 Å². The van der Waals surface area contributed by atoms with Crippen LogP contribution in [0.1, 0.15) is 46.1 Å². The molecule has 0 aliphatic carbocycles. The number of imidazole rings is 1. The molecule has 0 saturated heterocycles. The Morgan fingerprint density at radius 3 is 2.83 bits per heavy atom. The number of nitrogens with zero attached hydrogens (tertiary/aromatic N) is 3. The smallest absolute Gasteiger partial charge is 0.291 e. The molecule has 29 heavy (non-hydrogen) atoms. The molecule has 2 N–H and O–H groups in total. The van der Waals surface area contributed by atoms with Crippen molar-refractivity contribution in [1.82, 2.24) is 19.8 Å². The van der Waals surface area contributed by atoms with Crippen molar-refractivity contribution in [3.63, 3.8) is 0 Å². The lowest BCUT2D eigenvalue weighted by atomic mass is 10.1. The van der Waals surface area contributed by atoms with Gasteiger partial charge in [0.2, 0.25) is 0 Å². The Hall–Kier alpha value is -2.87. The molecule has 0 radical (unpaired) electrons. The Morgan fingerprint density at radius 2 is 2.07 bits per heavy atom. The minimum atomic E-state index is -0.326. The minimum absolute atomic E-state index is 0.213. The van der Waals surface area contributed by atoms with Crippen molar-refractivity contribution in [3.8, 4) is 5.75 Å². The van der Waals surface area contributed by atoms with Crippen molar-refractivity contribution in [1.29, 1.82) is 0 Å². The van der Waals surface area contributed by atoms with Crippen molar-refractivity contribution >= 4 is 17.5 Å². The third kappa shape index (κ3) is 5.14. The zero-order valence-corrected chi connectivity index (χ0v) is 17.3. The van der Waals surface area contributed by atoms with E-state index in [9.17, 15) is 9.59 Å². The predicted octanol–water partition coefficient (Wildman–Crippen LogP) is 2.16. The lowest BCUT2D eigenvalue weighted by molar-refractivity contribution is 0.0946. The number of amides is 2. The lowest BCUT2D eigenvalue weighted by Gasteiger charge is -2.17. The number of nitrogens with one attached hydrogen (secondary N) is 2. The number of rotatable bonds is 8. The molecule has 3 rings (SSSR count). The van der Waals surface area contributed by atoms with Gasteiger partial charge in [-0.05, 0) is 58.5 Å². The highest BCUT2D eigenvalue weighted by molar-refractivity contribution is 6.03. The van der Waals surface area contributed by atoms with Crippen LogP contribution in [-0.4, -0.2) is 60.6 Å². The first-order chi connectivity index (χ1) is 14.0. The number of carbonyl (C=O) groups excluding carboxylic acids is 2. The summed E-state index contributed by atoms with van der Waals surface area (Å²) in [5.41, 5.74) is 1.83. The van der Waals surface area contributed by atoms with E-state index < -0.39 is 0 Å². The molecule has 2 amide bonds. The topological polar surface area (TPSA) is 88.5 Å². The number of ether oxygens (including phenoxy) is 1. The number of anilines is 1. The molecule has 156 valence electrons. The van der Waals surface area contributed by atoms with Crippen molar-refractivity contribution in [2.45, 2.75) is 32.2 Å². The third-order valence-electron chi connectivity index (χ3n) is 4.93. The van der Waals surface area contributed by atoms with E-state index in [2.05, 4.69) is 20.5 Å². The molecule has 0 unspecified atom stereocenters. The highest BCUT2D eigenvalue weighted by Gasteiger charge is 2.27. The standard InChI is InChI=1S/C21H29N5O3/c1-25(2)12-7-11-22-20(27)18-17-10-4-5-13-26(17)19(24-18)21(28)23-15-8-6-9-16(14-15)29-3/h6,8-9,14H,4-5,7,10-13H2,1-3H3,(H,22,27)(H,23,28). The van der Waals surface area contributed by atoms with E-state index in [-0.39, 0.29) is 17.6 Å². The highest BCUT2D eigenvalue weighted by atomic mass is 16.5. The van der Waals surface area contributed by atoms with Crippen molar-refractivity contribution in [2.24, 2.45) is 0 Å². The fourth-order valence-electron chi connectivity index (χ4n) is 3.47. The summed E-state index contributed by atoms with van der Waals surface area (Å²) in [6.45, 7) is 2.17. The second kappa shape index (κ2) is 9.56. The second-order valence-electron chi connectivity index (χ2n) is 7.44. The third-order valence-corrected chi connectivity index (χ3v) is 4.93. The first kappa shape index (κ1) is 20.9. The molecule has 2 heterocycles. The summed E-state index contributed by atoms with van der Waals surface area (Å²) in [6, 6.07) is 7.16. The SMILES string of the molecule is COc1cccc(NC(=O)c2nc(C(=O)NCCCN(C)C)c3n2CCCC3)c1. The van der Waals surface area contributed by atoms with Crippen molar-refractivity contribution in [3.05, 3.63) is 41.5 Å². The maximum absolute atomic E-state index is 12.9. The molecule has 1 aromatic heterocycles. The molecule has 0 atom stereocenters. The zero-order valence-electron chi connectivity index (χ0n) is 17.3. The lowest BCUT2D eigenvalue weighted by Crippen LogP contribution is -2.28. The average molecular weight is 399 g/mol. The Labute approximate surface area is 171 Å². The van der Waals surface area contributed by atoms with Crippen LogP contribution in [0.4, 0.5) is 5.69 Å². The molecule has 8 nitrogen and oxygen atoms in total. The number of carbonyl (C=O) groups is 2. The molecule has 0 bridgehead atoms. The Balaban J connectivity index is 1.76. The predicted molar refractivity (Wildman–Crippen MR) is 112 cm³/mol. The summed E-state index contributed by atoms with van der Waals surface area (Å²) in [7, 11) is 5.58. The van der Waals surface area contributed by atoms with Crippen LogP contribution in [-0.2, 0) is 13.0 Å². The van der Waals surface area contributed by atoms with Crippen LogP contribution in [0.3, 0.4) is 0 Å². The molecule has 1 aliphatic rings. The molecule has 0 fully saturated rings. The van der Waals surface area contributed by atoms with Crippen LogP contribution in [0.5, 0.6) is 5.75 Å². The Morgan fingerprint density at radius 1 is 1.24 bits per heavy atom. The van der Waals surface area contributed by atoms with E-state index in [0.717, 1.165) is 37.9 Å². The van der Waals surface area contributed by atoms with E-state index in [1.54, 1.807) is 19.2 Å². The van der Waals surface area contributed by atoms with Crippen LogP contribution in [0.15, 0.2) is 24.3 Å². The summed E-state index contributed by atoms with van der Waals surface area (Å²) >= 11 is 0. The summed E-state index contributed by atoms with van der Waals surface area (Å²) < 4.78 is 7.08. The number of aromatic nitrogens is 2. The van der Waals surface area contributed by atoms with E-state index in [1.807, 2.05) is 30.8 Å². The number of methoxy groups -OCH3 is 1. The fraction of sp³-hybridized carbons (Fsp3) is 0.476. The zero-order chi connectivity index (χ0) is 20.8. The quantitative estimate of drug-likeness (QED) is 0.664. The van der Waals surface area contributed by atoms with E-state index in [0.29, 0.717) is 30.2 Å². The van der Waals surface area contributed by atoms with E-state index in [1.165, 1.54) is 0 Å². The van der Waals surface area contributed by atoms with Gasteiger partial charge < -0.3 is 24.8 Å². The number of hydrogen-bond donors (Lipinski definition) is 2. The number of hydrogen-bond acceptors (Lipinski definition) is 5. The average Bonchev–Trinajstić information content (AvgIpc) is 3.11. The van der Waals surface area contributed by atoms with E-state index in [4.69, 9.17) is 4.74 Å². The Kier molecular flexibility index (Phi) is 6.87. The minimum Gasteiger partial charge on any atom is -0.497 e. The molecule has 1 aromatic carbocycles. The summed E-state index contributed by atoms with van der Waals surface area (Å²) in [5.74, 6) is 0.398. The molecular formula is C21H29N5O3. The first-order valence-electron chi connectivity index (χ1n) is 9.97. The van der Waals surface area contributed by atoms with Crippen LogP contribution >= 0.6 is 0 Å². The van der Waals surface area contributed by atoms with Gasteiger partial charge in [-0.1, -0.05) is 6.07 Å². The van der Waals surface area contributed by atoms with Crippen LogP contribution in [0.25, 0.3) is 0 Å². The summed E-state index contributed by atoms with van der Waals surface area (Å²) in [5, 5.41) is 5.79. The van der Waals surface area contributed by atoms with Gasteiger partial charge in [0.05, 0.1) is 12.8 Å². The highest BCUT2D eigenvalue weighted by Crippen LogP contribution is 2.23. The first-order valence-corrected chi connectivity index (χ1v) is 9.97. The van der Waals surface area contributed by atoms with Gasteiger partial charge in [0.1, 0.15) is 11.4 Å².